The van der Waals surface area contributed by atoms with Gasteiger partial charge in [-0.1, -0.05) is 5.16 Å². The Hall–Kier alpha value is -1.73. The number of oxazole rings is 1. The highest BCUT2D eigenvalue weighted by molar-refractivity contribution is 5.04. The number of hydrogen-bond donors (Lipinski definition) is 0. The molecule has 0 amide bonds. The first kappa shape index (κ1) is 16.1. The standard InChI is InChI=1S/C16H23FN4O2/c1-11-4-15(23-19-11)9-21-7-13(17)5-14(21)8-20(3)10-16-18-6-12(2)22-16/h4,6,13-14H,5,7-10H2,1-3H3/t13-,14-/m0/s1. The molecular formula is C16H23FN4O2. The summed E-state index contributed by atoms with van der Waals surface area (Å²) in [6.07, 6.45) is 1.47. The zero-order valence-corrected chi connectivity index (χ0v) is 13.8. The van der Waals surface area contributed by atoms with Gasteiger partial charge in [0.25, 0.3) is 0 Å². The normalized spacial score (nSPS) is 22.3. The number of alkyl halides is 1. The average Bonchev–Trinajstić information content (AvgIpc) is 3.14. The van der Waals surface area contributed by atoms with Gasteiger partial charge in [-0.15, -0.1) is 0 Å². The fourth-order valence-electron chi connectivity index (χ4n) is 3.13. The van der Waals surface area contributed by atoms with Crippen molar-refractivity contribution in [2.45, 2.75) is 45.6 Å². The van der Waals surface area contributed by atoms with Crippen LogP contribution >= 0.6 is 0 Å². The van der Waals surface area contributed by atoms with Gasteiger partial charge in [0.1, 0.15) is 11.9 Å². The predicted octanol–water partition coefficient (Wildman–Crippen LogP) is 2.32. The molecule has 2 atom stereocenters. The summed E-state index contributed by atoms with van der Waals surface area (Å²) in [7, 11) is 2.00. The van der Waals surface area contributed by atoms with Gasteiger partial charge in [-0.05, 0) is 27.3 Å². The largest absolute Gasteiger partial charge is 0.445 e. The minimum absolute atomic E-state index is 0.150. The Morgan fingerprint density at radius 2 is 2.26 bits per heavy atom. The molecule has 2 aromatic rings. The van der Waals surface area contributed by atoms with E-state index in [1.807, 2.05) is 27.0 Å². The lowest BCUT2D eigenvalue weighted by molar-refractivity contribution is 0.160. The first-order valence-electron chi connectivity index (χ1n) is 7.90. The molecule has 23 heavy (non-hydrogen) atoms. The monoisotopic (exact) mass is 322 g/mol. The number of aryl methyl sites for hydroxylation is 2. The van der Waals surface area contributed by atoms with E-state index >= 15 is 0 Å². The molecule has 6 nitrogen and oxygen atoms in total. The summed E-state index contributed by atoms with van der Waals surface area (Å²) in [4.78, 5) is 8.46. The summed E-state index contributed by atoms with van der Waals surface area (Å²) in [6.45, 7) is 6.18. The van der Waals surface area contributed by atoms with E-state index in [4.69, 9.17) is 8.94 Å². The van der Waals surface area contributed by atoms with Crippen molar-refractivity contribution < 1.29 is 13.3 Å². The highest BCUT2D eigenvalue weighted by Gasteiger charge is 2.33. The Kier molecular flexibility index (Phi) is 4.77. The van der Waals surface area contributed by atoms with Gasteiger partial charge >= 0.3 is 0 Å². The quantitative estimate of drug-likeness (QED) is 0.813. The van der Waals surface area contributed by atoms with Crippen molar-refractivity contribution in [1.29, 1.82) is 0 Å². The number of rotatable bonds is 6. The molecule has 3 heterocycles. The highest BCUT2D eigenvalue weighted by Crippen LogP contribution is 2.24. The second-order valence-corrected chi connectivity index (χ2v) is 6.41. The molecule has 0 aromatic carbocycles. The van der Waals surface area contributed by atoms with E-state index in [1.54, 1.807) is 6.20 Å². The van der Waals surface area contributed by atoms with Crippen LogP contribution in [-0.2, 0) is 13.1 Å². The minimum atomic E-state index is -0.790. The van der Waals surface area contributed by atoms with Crippen molar-refractivity contribution in [2.75, 3.05) is 20.1 Å². The fourth-order valence-corrected chi connectivity index (χ4v) is 3.13. The number of aromatic nitrogens is 2. The third-order valence-electron chi connectivity index (χ3n) is 4.11. The van der Waals surface area contributed by atoms with Crippen LogP contribution in [0, 0.1) is 13.8 Å². The van der Waals surface area contributed by atoms with Crippen LogP contribution < -0.4 is 0 Å². The lowest BCUT2D eigenvalue weighted by Crippen LogP contribution is -2.38. The third kappa shape index (κ3) is 4.17. The van der Waals surface area contributed by atoms with E-state index in [-0.39, 0.29) is 6.04 Å². The highest BCUT2D eigenvalue weighted by atomic mass is 19.1. The third-order valence-corrected chi connectivity index (χ3v) is 4.11. The molecule has 0 spiro atoms. The Balaban J connectivity index is 1.58. The van der Waals surface area contributed by atoms with Gasteiger partial charge in [-0.3, -0.25) is 9.80 Å². The number of likely N-dealkylation sites (tertiary alicyclic amines) is 1. The van der Waals surface area contributed by atoms with Crippen molar-refractivity contribution in [3.63, 3.8) is 0 Å². The first-order valence-corrected chi connectivity index (χ1v) is 7.90. The molecule has 0 unspecified atom stereocenters. The van der Waals surface area contributed by atoms with Crippen LogP contribution in [0.15, 0.2) is 21.2 Å². The van der Waals surface area contributed by atoms with Crippen LogP contribution in [0.25, 0.3) is 0 Å². The Labute approximate surface area is 135 Å². The van der Waals surface area contributed by atoms with Gasteiger partial charge in [0, 0.05) is 25.2 Å². The summed E-state index contributed by atoms with van der Waals surface area (Å²) < 4.78 is 24.6. The predicted molar refractivity (Wildman–Crippen MR) is 82.5 cm³/mol. The molecule has 0 N–H and O–H groups in total. The van der Waals surface area contributed by atoms with E-state index in [0.29, 0.717) is 31.9 Å². The summed E-state index contributed by atoms with van der Waals surface area (Å²) >= 11 is 0. The van der Waals surface area contributed by atoms with Crippen LogP contribution in [0.2, 0.25) is 0 Å². The van der Waals surface area contributed by atoms with Crippen LogP contribution in [0.3, 0.4) is 0 Å². The van der Waals surface area contributed by atoms with Crippen LogP contribution in [0.1, 0.15) is 29.5 Å². The zero-order valence-electron chi connectivity index (χ0n) is 13.8. The van der Waals surface area contributed by atoms with Crippen molar-refractivity contribution in [1.82, 2.24) is 19.9 Å². The number of likely N-dealkylation sites (N-methyl/N-ethyl adjacent to an activating group) is 1. The summed E-state index contributed by atoms with van der Waals surface area (Å²) in [5, 5.41) is 3.90. The zero-order chi connectivity index (χ0) is 16.4. The summed E-state index contributed by atoms with van der Waals surface area (Å²) in [6, 6.07) is 2.05. The molecule has 0 aliphatic carbocycles. The van der Waals surface area contributed by atoms with E-state index in [2.05, 4.69) is 19.9 Å². The van der Waals surface area contributed by atoms with Crippen molar-refractivity contribution in [3.8, 4) is 0 Å². The molecule has 1 saturated heterocycles. The number of hydrogen-bond acceptors (Lipinski definition) is 6. The summed E-state index contributed by atoms with van der Waals surface area (Å²) in [5.74, 6) is 2.28. The maximum atomic E-state index is 13.9. The van der Waals surface area contributed by atoms with Crippen LogP contribution in [0.5, 0.6) is 0 Å². The molecule has 1 aliphatic heterocycles. The Bertz CT molecular complexity index is 642. The lowest BCUT2D eigenvalue weighted by Gasteiger charge is -2.26. The maximum Gasteiger partial charge on any atom is 0.208 e. The molecule has 126 valence electrons. The molecule has 1 aliphatic rings. The molecule has 3 rings (SSSR count). The van der Waals surface area contributed by atoms with Crippen molar-refractivity contribution in [2.24, 2.45) is 0 Å². The summed E-state index contributed by atoms with van der Waals surface area (Å²) in [5.41, 5.74) is 0.851. The molecule has 1 fully saturated rings. The molecule has 2 aromatic heterocycles. The van der Waals surface area contributed by atoms with Gasteiger partial charge in [-0.2, -0.15) is 0 Å². The van der Waals surface area contributed by atoms with Gasteiger partial charge in [0.05, 0.1) is 25.0 Å². The second-order valence-electron chi connectivity index (χ2n) is 6.41. The topological polar surface area (TPSA) is 58.5 Å². The number of halogens is 1. The molecule has 0 radical (unpaired) electrons. The van der Waals surface area contributed by atoms with Crippen LogP contribution in [0.4, 0.5) is 4.39 Å². The Morgan fingerprint density at radius 1 is 1.43 bits per heavy atom. The van der Waals surface area contributed by atoms with Gasteiger partial charge in [0.15, 0.2) is 5.76 Å². The molecule has 7 heteroatoms. The van der Waals surface area contributed by atoms with Crippen molar-refractivity contribution >= 4 is 0 Å². The van der Waals surface area contributed by atoms with E-state index in [0.717, 1.165) is 23.8 Å². The van der Waals surface area contributed by atoms with Crippen molar-refractivity contribution in [3.05, 3.63) is 35.4 Å². The van der Waals surface area contributed by atoms with Gasteiger partial charge in [-0.25, -0.2) is 9.37 Å². The van der Waals surface area contributed by atoms with Gasteiger partial charge < -0.3 is 8.94 Å². The van der Waals surface area contributed by atoms with Crippen LogP contribution in [-0.4, -0.2) is 52.3 Å². The molecular weight excluding hydrogens is 299 g/mol. The first-order chi connectivity index (χ1) is 11.0. The van der Waals surface area contributed by atoms with E-state index in [9.17, 15) is 4.39 Å². The minimum Gasteiger partial charge on any atom is -0.445 e. The molecule has 0 saturated carbocycles. The fraction of sp³-hybridized carbons (Fsp3) is 0.625. The van der Waals surface area contributed by atoms with Gasteiger partial charge in [0.2, 0.25) is 5.89 Å². The molecule has 0 bridgehead atoms. The maximum absolute atomic E-state index is 13.9. The van der Waals surface area contributed by atoms with E-state index in [1.165, 1.54) is 0 Å². The average molecular weight is 322 g/mol. The smallest absolute Gasteiger partial charge is 0.208 e. The number of nitrogens with zero attached hydrogens (tertiary/aromatic N) is 4. The second kappa shape index (κ2) is 6.80. The lowest BCUT2D eigenvalue weighted by atomic mass is 10.2. The van der Waals surface area contributed by atoms with E-state index < -0.39 is 6.17 Å². The Morgan fingerprint density at radius 3 is 2.91 bits per heavy atom. The SMILES string of the molecule is Cc1cc(CN2C[C@@H](F)C[C@H]2CN(C)Cc2ncc(C)o2)on1.